The molecule has 1 aromatic rings. The smallest absolute Gasteiger partial charge is 0.229 e. The van der Waals surface area contributed by atoms with Crippen LogP contribution in [0.1, 0.15) is 45.0 Å². The summed E-state index contributed by atoms with van der Waals surface area (Å²) < 4.78 is 0. The minimum absolute atomic E-state index is 0.0339. The van der Waals surface area contributed by atoms with E-state index in [1.807, 2.05) is 0 Å². The van der Waals surface area contributed by atoms with Crippen LogP contribution in [-0.4, -0.2) is 22.6 Å². The predicted octanol–water partition coefficient (Wildman–Crippen LogP) is 2.15. The number of nitrogens with two attached hydrogens (primary N) is 1. The fourth-order valence-corrected chi connectivity index (χ4v) is 3.24. The highest BCUT2D eigenvalue weighted by molar-refractivity contribution is 7.15. The van der Waals surface area contributed by atoms with Gasteiger partial charge in [0.1, 0.15) is 5.01 Å². The Labute approximate surface area is 118 Å². The van der Waals surface area contributed by atoms with Crippen LogP contribution in [0.25, 0.3) is 0 Å². The van der Waals surface area contributed by atoms with E-state index in [-0.39, 0.29) is 17.2 Å². The standard InChI is InChI=1S/C13H22N4OS/c1-13(2,3)11-16-17-12(19-11)15-10(18)9-6-4-5-8(9)7-14/h8-9H,4-7,14H2,1-3H3,(H,15,17,18)/t8-,9-/m1/s1. The van der Waals surface area contributed by atoms with Crippen LogP contribution >= 0.6 is 11.3 Å². The first-order valence-electron chi connectivity index (χ1n) is 6.76. The molecule has 1 amide bonds. The van der Waals surface area contributed by atoms with Crippen molar-refractivity contribution in [2.24, 2.45) is 17.6 Å². The topological polar surface area (TPSA) is 80.9 Å². The molecule has 0 radical (unpaired) electrons. The fourth-order valence-electron chi connectivity index (χ4n) is 2.44. The van der Waals surface area contributed by atoms with Crippen LogP contribution in [0.5, 0.6) is 0 Å². The number of hydrogen-bond acceptors (Lipinski definition) is 5. The molecule has 5 nitrogen and oxygen atoms in total. The van der Waals surface area contributed by atoms with Crippen molar-refractivity contribution < 1.29 is 4.79 Å². The second kappa shape index (κ2) is 5.54. The van der Waals surface area contributed by atoms with Gasteiger partial charge < -0.3 is 11.1 Å². The Kier molecular flexibility index (Phi) is 4.20. The van der Waals surface area contributed by atoms with Gasteiger partial charge in [-0.3, -0.25) is 4.79 Å². The lowest BCUT2D eigenvalue weighted by Gasteiger charge is -2.16. The van der Waals surface area contributed by atoms with Gasteiger partial charge in [0.2, 0.25) is 11.0 Å². The van der Waals surface area contributed by atoms with Crippen molar-refractivity contribution in [1.29, 1.82) is 0 Å². The van der Waals surface area contributed by atoms with Crippen molar-refractivity contribution >= 4 is 22.4 Å². The van der Waals surface area contributed by atoms with Crippen LogP contribution in [0.4, 0.5) is 5.13 Å². The SMILES string of the molecule is CC(C)(C)c1nnc(NC(=O)[C@@H]2CCC[C@@H]2CN)s1. The van der Waals surface area contributed by atoms with E-state index in [9.17, 15) is 4.79 Å². The van der Waals surface area contributed by atoms with Crippen LogP contribution in [0.3, 0.4) is 0 Å². The molecule has 2 rings (SSSR count). The largest absolute Gasteiger partial charge is 0.330 e. The Morgan fingerprint density at radius 1 is 1.42 bits per heavy atom. The summed E-state index contributed by atoms with van der Waals surface area (Å²) in [4.78, 5) is 12.2. The third-order valence-electron chi connectivity index (χ3n) is 3.60. The Balaban J connectivity index is 2.01. The van der Waals surface area contributed by atoms with Crippen LogP contribution < -0.4 is 11.1 Å². The second-order valence-corrected chi connectivity index (χ2v) is 7.16. The van der Waals surface area contributed by atoms with Gasteiger partial charge in [-0.2, -0.15) is 0 Å². The molecule has 106 valence electrons. The third-order valence-corrected chi connectivity index (χ3v) is 4.86. The molecule has 1 aromatic heterocycles. The summed E-state index contributed by atoms with van der Waals surface area (Å²) in [5, 5.41) is 12.6. The van der Waals surface area contributed by atoms with Gasteiger partial charge in [0.25, 0.3) is 0 Å². The normalized spacial score (nSPS) is 23.6. The third kappa shape index (κ3) is 3.30. The molecule has 2 atom stereocenters. The van der Waals surface area contributed by atoms with E-state index in [1.54, 1.807) is 0 Å². The molecule has 19 heavy (non-hydrogen) atoms. The first kappa shape index (κ1) is 14.4. The summed E-state index contributed by atoms with van der Waals surface area (Å²) in [6.07, 6.45) is 3.07. The zero-order valence-electron chi connectivity index (χ0n) is 11.8. The van der Waals surface area contributed by atoms with Gasteiger partial charge in [-0.25, -0.2) is 0 Å². The number of carbonyl (C=O) groups excluding carboxylic acids is 1. The maximum Gasteiger partial charge on any atom is 0.229 e. The Hall–Kier alpha value is -1.01. The summed E-state index contributed by atoms with van der Waals surface area (Å²) in [5.74, 6) is 0.395. The number of aromatic nitrogens is 2. The first-order valence-corrected chi connectivity index (χ1v) is 7.58. The first-order chi connectivity index (χ1) is 8.91. The van der Waals surface area contributed by atoms with Crippen LogP contribution in [-0.2, 0) is 10.2 Å². The number of nitrogens with zero attached hydrogens (tertiary/aromatic N) is 2. The molecule has 0 bridgehead atoms. The van der Waals surface area contributed by atoms with E-state index >= 15 is 0 Å². The Morgan fingerprint density at radius 3 is 2.74 bits per heavy atom. The van der Waals surface area contributed by atoms with Crippen molar-refractivity contribution in [3.05, 3.63) is 5.01 Å². The van der Waals surface area contributed by atoms with Gasteiger partial charge >= 0.3 is 0 Å². The minimum Gasteiger partial charge on any atom is -0.330 e. The van der Waals surface area contributed by atoms with Crippen molar-refractivity contribution in [3.8, 4) is 0 Å². The molecule has 1 aliphatic carbocycles. The van der Waals surface area contributed by atoms with E-state index in [0.717, 1.165) is 24.3 Å². The number of amides is 1. The van der Waals surface area contributed by atoms with Crippen molar-refractivity contribution in [2.45, 2.75) is 45.4 Å². The molecule has 1 aliphatic rings. The van der Waals surface area contributed by atoms with Gasteiger partial charge in [-0.15, -0.1) is 10.2 Å². The fraction of sp³-hybridized carbons (Fsp3) is 0.769. The van der Waals surface area contributed by atoms with Gasteiger partial charge in [-0.05, 0) is 25.3 Å². The van der Waals surface area contributed by atoms with E-state index < -0.39 is 0 Å². The summed E-state index contributed by atoms with van der Waals surface area (Å²) in [7, 11) is 0. The number of rotatable bonds is 3. The average molecular weight is 282 g/mol. The molecule has 1 heterocycles. The molecule has 3 N–H and O–H groups in total. The average Bonchev–Trinajstić information content (AvgIpc) is 2.95. The summed E-state index contributed by atoms with van der Waals surface area (Å²) in [6.45, 7) is 6.84. The lowest BCUT2D eigenvalue weighted by atomic mass is 9.95. The number of hydrogen-bond donors (Lipinski definition) is 2. The van der Waals surface area contributed by atoms with E-state index in [0.29, 0.717) is 17.6 Å². The minimum atomic E-state index is -0.0339. The monoisotopic (exact) mass is 282 g/mol. The number of nitrogens with one attached hydrogen (secondary N) is 1. The van der Waals surface area contributed by atoms with Crippen molar-refractivity contribution in [3.63, 3.8) is 0 Å². The maximum absolute atomic E-state index is 12.2. The maximum atomic E-state index is 12.2. The predicted molar refractivity (Wildman–Crippen MR) is 77.1 cm³/mol. The molecule has 0 aromatic carbocycles. The highest BCUT2D eigenvalue weighted by Gasteiger charge is 2.32. The van der Waals surface area contributed by atoms with Gasteiger partial charge in [0.15, 0.2) is 0 Å². The quantitative estimate of drug-likeness (QED) is 0.890. The number of anilines is 1. The molecule has 0 aliphatic heterocycles. The molecule has 0 unspecified atom stereocenters. The summed E-state index contributed by atoms with van der Waals surface area (Å²) in [5.41, 5.74) is 5.68. The molecule has 6 heteroatoms. The molecule has 1 saturated carbocycles. The van der Waals surface area contributed by atoms with Crippen LogP contribution in [0, 0.1) is 11.8 Å². The van der Waals surface area contributed by atoms with E-state index in [2.05, 4.69) is 36.3 Å². The lowest BCUT2D eigenvalue weighted by Crippen LogP contribution is -2.29. The summed E-state index contributed by atoms with van der Waals surface area (Å²) in [6, 6.07) is 0. The second-order valence-electron chi connectivity index (χ2n) is 6.18. The zero-order chi connectivity index (χ0) is 14.0. The molecule has 0 spiro atoms. The molecule has 0 saturated heterocycles. The van der Waals surface area contributed by atoms with Gasteiger partial charge in [0.05, 0.1) is 0 Å². The van der Waals surface area contributed by atoms with Crippen molar-refractivity contribution in [2.75, 3.05) is 11.9 Å². The van der Waals surface area contributed by atoms with Crippen molar-refractivity contribution in [1.82, 2.24) is 10.2 Å². The number of carbonyl (C=O) groups is 1. The Morgan fingerprint density at radius 2 is 2.16 bits per heavy atom. The van der Waals surface area contributed by atoms with E-state index in [1.165, 1.54) is 11.3 Å². The highest BCUT2D eigenvalue weighted by Crippen LogP contribution is 2.33. The zero-order valence-corrected chi connectivity index (χ0v) is 12.6. The van der Waals surface area contributed by atoms with Crippen LogP contribution in [0.2, 0.25) is 0 Å². The van der Waals surface area contributed by atoms with Gasteiger partial charge in [0, 0.05) is 11.3 Å². The molecular weight excluding hydrogens is 260 g/mol. The van der Waals surface area contributed by atoms with E-state index in [4.69, 9.17) is 5.73 Å². The lowest BCUT2D eigenvalue weighted by molar-refractivity contribution is -0.120. The van der Waals surface area contributed by atoms with Crippen LogP contribution in [0.15, 0.2) is 0 Å². The highest BCUT2D eigenvalue weighted by atomic mass is 32.1. The molecular formula is C13H22N4OS. The molecule has 1 fully saturated rings. The summed E-state index contributed by atoms with van der Waals surface area (Å²) >= 11 is 1.45. The van der Waals surface area contributed by atoms with Gasteiger partial charge in [-0.1, -0.05) is 38.5 Å². The Bertz CT molecular complexity index is 452.